The van der Waals surface area contributed by atoms with Gasteiger partial charge in [-0.2, -0.15) is 5.26 Å². The van der Waals surface area contributed by atoms with Crippen LogP contribution >= 0.6 is 0 Å². The number of sulfone groups is 1. The predicted octanol–water partition coefficient (Wildman–Crippen LogP) is 4.13. The predicted molar refractivity (Wildman–Crippen MR) is 145 cm³/mol. The van der Waals surface area contributed by atoms with Crippen LogP contribution in [0.25, 0.3) is 0 Å². The van der Waals surface area contributed by atoms with Gasteiger partial charge in [-0.15, -0.1) is 0 Å². The lowest BCUT2D eigenvalue weighted by atomic mass is 9.95. The third-order valence-electron chi connectivity index (χ3n) is 6.79. The number of anilines is 2. The Kier molecular flexibility index (Phi) is 8.59. The van der Waals surface area contributed by atoms with Crippen LogP contribution in [0.2, 0.25) is 0 Å². The van der Waals surface area contributed by atoms with Crippen molar-refractivity contribution in [3.8, 4) is 6.07 Å². The van der Waals surface area contributed by atoms with Crippen LogP contribution in [0.1, 0.15) is 24.0 Å². The second-order valence-corrected chi connectivity index (χ2v) is 11.4. The van der Waals surface area contributed by atoms with Crippen LogP contribution in [0.15, 0.2) is 83.8 Å². The van der Waals surface area contributed by atoms with Gasteiger partial charge in [0.15, 0.2) is 9.84 Å². The van der Waals surface area contributed by atoms with E-state index in [-0.39, 0.29) is 11.8 Å². The van der Waals surface area contributed by atoms with E-state index in [1.165, 1.54) is 6.26 Å². The second kappa shape index (κ2) is 12.0. The summed E-state index contributed by atoms with van der Waals surface area (Å²) in [7, 11) is -3.25. The lowest BCUT2D eigenvalue weighted by Gasteiger charge is -2.34. The minimum absolute atomic E-state index is 0.00314. The fraction of sp³-hybridized carbons (Fsp3) is 0.310. The molecule has 0 aromatic heterocycles. The van der Waals surface area contributed by atoms with E-state index >= 15 is 0 Å². The molecular formula is C29H32N4O3S. The molecule has 0 radical (unpaired) electrons. The first-order chi connectivity index (χ1) is 17.8. The molecule has 0 spiro atoms. The minimum Gasteiger partial charge on any atom is -0.352 e. The molecule has 1 aliphatic heterocycles. The summed E-state index contributed by atoms with van der Waals surface area (Å²) in [6.07, 6.45) is 2.84. The molecule has 4 rings (SSSR count). The molecule has 1 N–H and O–H groups in total. The highest BCUT2D eigenvalue weighted by Crippen LogP contribution is 2.27. The van der Waals surface area contributed by atoms with Crippen LogP contribution in [-0.2, 0) is 21.2 Å². The van der Waals surface area contributed by atoms with Crippen molar-refractivity contribution in [3.63, 3.8) is 0 Å². The normalized spacial score (nSPS) is 14.6. The van der Waals surface area contributed by atoms with Crippen molar-refractivity contribution >= 4 is 27.1 Å². The van der Waals surface area contributed by atoms with Gasteiger partial charge in [0, 0.05) is 43.2 Å². The summed E-state index contributed by atoms with van der Waals surface area (Å²) in [5.41, 5.74) is 3.58. The van der Waals surface area contributed by atoms with Gasteiger partial charge >= 0.3 is 0 Å². The highest BCUT2D eigenvalue weighted by molar-refractivity contribution is 7.90. The lowest BCUT2D eigenvalue weighted by Crippen LogP contribution is -2.42. The summed E-state index contributed by atoms with van der Waals surface area (Å²) in [5, 5.41) is 12.0. The van der Waals surface area contributed by atoms with Gasteiger partial charge in [0.05, 0.1) is 16.5 Å². The van der Waals surface area contributed by atoms with E-state index < -0.39 is 9.84 Å². The molecule has 1 heterocycles. The van der Waals surface area contributed by atoms with E-state index in [1.807, 2.05) is 42.5 Å². The fourth-order valence-electron chi connectivity index (χ4n) is 4.58. The van der Waals surface area contributed by atoms with Crippen LogP contribution in [0.5, 0.6) is 0 Å². The molecule has 8 heteroatoms. The van der Waals surface area contributed by atoms with Crippen molar-refractivity contribution in [2.75, 3.05) is 37.3 Å². The topological polar surface area (TPSA) is 93.5 Å². The van der Waals surface area contributed by atoms with Gasteiger partial charge in [0.25, 0.3) is 0 Å². The number of likely N-dealkylation sites (tertiary alicyclic amines) is 1. The zero-order valence-corrected chi connectivity index (χ0v) is 21.8. The van der Waals surface area contributed by atoms with Crippen molar-refractivity contribution in [3.05, 3.63) is 90.0 Å². The van der Waals surface area contributed by atoms with E-state index in [0.29, 0.717) is 17.0 Å². The van der Waals surface area contributed by atoms with E-state index in [0.717, 1.165) is 56.0 Å². The maximum absolute atomic E-state index is 12.7. The Morgan fingerprint density at radius 3 is 2.19 bits per heavy atom. The largest absolute Gasteiger partial charge is 0.352 e. The SMILES string of the molecule is CS(=O)(=O)c1ccc(N(CCN2CCC(C(=O)NCc3ccc(C#N)cc3)CC2)c2ccccc2)cc1. The number of nitriles is 1. The first kappa shape index (κ1) is 26.4. The summed E-state index contributed by atoms with van der Waals surface area (Å²) >= 11 is 0. The standard InChI is InChI=1S/C29H32N4O3S/c1-37(35,36)28-13-11-27(12-14-28)33(26-5-3-2-4-6-26)20-19-32-17-15-25(16-18-32)29(34)31-22-24-9-7-23(21-30)8-10-24/h2-14,25H,15-20,22H2,1H3,(H,31,34). The number of hydrogen-bond acceptors (Lipinski definition) is 6. The zero-order chi connectivity index (χ0) is 26.3. The third-order valence-corrected chi connectivity index (χ3v) is 7.92. The number of para-hydroxylation sites is 1. The molecule has 1 aliphatic rings. The van der Waals surface area contributed by atoms with Gasteiger partial charge in [-0.25, -0.2) is 8.42 Å². The van der Waals surface area contributed by atoms with Crippen molar-refractivity contribution in [2.24, 2.45) is 5.92 Å². The molecule has 0 saturated carbocycles. The van der Waals surface area contributed by atoms with E-state index in [1.54, 1.807) is 24.3 Å². The third kappa shape index (κ3) is 7.19. The molecule has 0 bridgehead atoms. The molecule has 1 fully saturated rings. The molecule has 7 nitrogen and oxygen atoms in total. The van der Waals surface area contributed by atoms with Crippen LogP contribution < -0.4 is 10.2 Å². The van der Waals surface area contributed by atoms with Crippen molar-refractivity contribution in [1.82, 2.24) is 10.2 Å². The van der Waals surface area contributed by atoms with E-state index in [9.17, 15) is 13.2 Å². The number of benzene rings is 3. The monoisotopic (exact) mass is 516 g/mol. The molecule has 0 atom stereocenters. The smallest absolute Gasteiger partial charge is 0.223 e. The molecule has 37 heavy (non-hydrogen) atoms. The Morgan fingerprint density at radius 2 is 1.59 bits per heavy atom. The number of nitrogens with zero attached hydrogens (tertiary/aromatic N) is 3. The number of carbonyl (C=O) groups excluding carboxylic acids is 1. The molecule has 192 valence electrons. The highest BCUT2D eigenvalue weighted by Gasteiger charge is 2.25. The summed E-state index contributed by atoms with van der Waals surface area (Å²) in [6.45, 7) is 3.75. The van der Waals surface area contributed by atoms with Crippen LogP contribution in [0.3, 0.4) is 0 Å². The Hall–Kier alpha value is -3.67. The summed E-state index contributed by atoms with van der Waals surface area (Å²) in [5.74, 6) is 0.0873. The summed E-state index contributed by atoms with van der Waals surface area (Å²) in [4.78, 5) is 17.6. The van der Waals surface area contributed by atoms with Gasteiger partial charge < -0.3 is 15.1 Å². The van der Waals surface area contributed by atoms with Gasteiger partial charge in [-0.3, -0.25) is 4.79 Å². The van der Waals surface area contributed by atoms with Crippen molar-refractivity contribution < 1.29 is 13.2 Å². The van der Waals surface area contributed by atoms with Crippen LogP contribution in [-0.4, -0.2) is 51.7 Å². The number of amides is 1. The Bertz CT molecular complexity index is 1330. The average molecular weight is 517 g/mol. The van der Waals surface area contributed by atoms with E-state index in [2.05, 4.69) is 33.3 Å². The Labute approximate surface area is 219 Å². The summed E-state index contributed by atoms with van der Waals surface area (Å²) in [6, 6.07) is 26.5. The first-order valence-corrected chi connectivity index (χ1v) is 14.3. The van der Waals surface area contributed by atoms with Gasteiger partial charge in [0.2, 0.25) is 5.91 Å². The molecule has 1 amide bonds. The molecule has 0 aliphatic carbocycles. The van der Waals surface area contributed by atoms with Crippen molar-refractivity contribution in [1.29, 1.82) is 5.26 Å². The van der Waals surface area contributed by atoms with Crippen LogP contribution in [0, 0.1) is 17.2 Å². The van der Waals surface area contributed by atoms with Gasteiger partial charge in [0.1, 0.15) is 0 Å². The molecule has 0 unspecified atom stereocenters. The molecular weight excluding hydrogens is 484 g/mol. The molecule has 1 saturated heterocycles. The number of hydrogen-bond donors (Lipinski definition) is 1. The Balaban J connectivity index is 1.31. The van der Waals surface area contributed by atoms with Gasteiger partial charge in [-0.1, -0.05) is 30.3 Å². The number of carbonyl (C=O) groups is 1. The lowest BCUT2D eigenvalue weighted by molar-refractivity contribution is -0.126. The minimum atomic E-state index is -3.25. The number of nitrogens with one attached hydrogen (secondary N) is 1. The molecule has 3 aromatic carbocycles. The highest BCUT2D eigenvalue weighted by atomic mass is 32.2. The maximum Gasteiger partial charge on any atom is 0.223 e. The quantitative estimate of drug-likeness (QED) is 0.460. The van der Waals surface area contributed by atoms with Gasteiger partial charge in [-0.05, 0) is 80.0 Å². The first-order valence-electron chi connectivity index (χ1n) is 12.5. The maximum atomic E-state index is 12.7. The summed E-state index contributed by atoms with van der Waals surface area (Å²) < 4.78 is 23.7. The van der Waals surface area contributed by atoms with Crippen LogP contribution in [0.4, 0.5) is 11.4 Å². The fourth-order valence-corrected chi connectivity index (χ4v) is 5.21. The molecule has 3 aromatic rings. The number of rotatable bonds is 9. The van der Waals surface area contributed by atoms with E-state index in [4.69, 9.17) is 5.26 Å². The number of piperidine rings is 1. The van der Waals surface area contributed by atoms with Crippen molar-refractivity contribution in [2.45, 2.75) is 24.3 Å². The zero-order valence-electron chi connectivity index (χ0n) is 21.0. The average Bonchev–Trinajstić information content (AvgIpc) is 2.93. The second-order valence-electron chi connectivity index (χ2n) is 9.40. The Morgan fingerprint density at radius 1 is 0.973 bits per heavy atom.